The first-order valence-electron chi connectivity index (χ1n) is 6.06. The summed E-state index contributed by atoms with van der Waals surface area (Å²) in [4.78, 5) is 10.5. The van der Waals surface area contributed by atoms with Crippen LogP contribution in [0.4, 0.5) is 4.39 Å². The van der Waals surface area contributed by atoms with Gasteiger partial charge in [-0.1, -0.05) is 35.3 Å². The number of carbonyl (C=O) groups is 1. The number of benzene rings is 1. The van der Waals surface area contributed by atoms with E-state index in [4.69, 9.17) is 28.3 Å². The van der Waals surface area contributed by atoms with E-state index in [2.05, 4.69) is 0 Å². The first-order chi connectivity index (χ1) is 9.32. The number of carboxylic acid groups (broad SMARTS) is 1. The van der Waals surface area contributed by atoms with E-state index in [1.54, 1.807) is 25.1 Å². The Kier molecular flexibility index (Phi) is 4.21. The molecule has 1 aromatic rings. The van der Waals surface area contributed by atoms with Crippen LogP contribution in [0.2, 0.25) is 10.0 Å². The summed E-state index contributed by atoms with van der Waals surface area (Å²) >= 11 is 11.7. The molecule has 2 nitrogen and oxygen atoms in total. The maximum absolute atomic E-state index is 14.4. The molecule has 0 amide bonds. The summed E-state index contributed by atoms with van der Waals surface area (Å²) in [6.45, 7) is 1.62. The lowest BCUT2D eigenvalue weighted by Gasteiger charge is -2.04. The summed E-state index contributed by atoms with van der Waals surface area (Å²) in [6.07, 6.45) is 4.30. The molecule has 20 heavy (non-hydrogen) atoms. The largest absolute Gasteiger partial charge is 0.478 e. The van der Waals surface area contributed by atoms with E-state index < -0.39 is 11.6 Å². The second-order valence-electron chi connectivity index (χ2n) is 4.92. The van der Waals surface area contributed by atoms with Crippen molar-refractivity contribution in [2.24, 2.45) is 0 Å². The molecule has 1 aromatic carbocycles. The van der Waals surface area contributed by atoms with Gasteiger partial charge < -0.3 is 5.11 Å². The van der Waals surface area contributed by atoms with Gasteiger partial charge in [0.05, 0.1) is 10.0 Å². The number of hydrogen-bond donors (Lipinski definition) is 1. The number of aliphatic carboxylic acids is 1. The number of hydrogen-bond acceptors (Lipinski definition) is 1. The molecule has 2 rings (SSSR count). The van der Waals surface area contributed by atoms with Gasteiger partial charge in [-0.05, 0) is 42.7 Å². The molecular weight excluding hydrogens is 302 g/mol. The monoisotopic (exact) mass is 314 g/mol. The Hall–Kier alpha value is -1.32. The Labute approximate surface area is 126 Å². The van der Waals surface area contributed by atoms with Crippen LogP contribution in [-0.2, 0) is 4.79 Å². The van der Waals surface area contributed by atoms with Crippen LogP contribution < -0.4 is 0 Å². The van der Waals surface area contributed by atoms with Crippen LogP contribution in [0, 0.1) is 0 Å². The zero-order valence-electron chi connectivity index (χ0n) is 10.7. The molecule has 0 bridgehead atoms. The van der Waals surface area contributed by atoms with Gasteiger partial charge in [-0.25, -0.2) is 9.18 Å². The Morgan fingerprint density at radius 1 is 1.45 bits per heavy atom. The molecule has 1 unspecified atom stereocenters. The third kappa shape index (κ3) is 3.41. The summed E-state index contributed by atoms with van der Waals surface area (Å²) in [5.41, 5.74) is -0.147. The SMILES string of the molecule is CC(C=C[C@]1(F)CC1c1ccc(Cl)c(Cl)c1)=CC(=O)O. The van der Waals surface area contributed by atoms with Crippen LogP contribution >= 0.6 is 23.2 Å². The third-order valence-electron chi connectivity index (χ3n) is 3.26. The second kappa shape index (κ2) is 5.58. The van der Waals surface area contributed by atoms with Crippen molar-refractivity contribution in [2.75, 3.05) is 0 Å². The molecule has 1 saturated carbocycles. The lowest BCUT2D eigenvalue weighted by atomic mass is 10.1. The number of halogens is 3. The van der Waals surface area contributed by atoms with Crippen LogP contribution in [0.25, 0.3) is 0 Å². The molecule has 0 aromatic heterocycles. The van der Waals surface area contributed by atoms with Gasteiger partial charge in [0.25, 0.3) is 0 Å². The number of allylic oxidation sites excluding steroid dienone is 3. The van der Waals surface area contributed by atoms with E-state index in [-0.39, 0.29) is 5.92 Å². The summed E-state index contributed by atoms with van der Waals surface area (Å²) in [5.74, 6) is -1.30. The van der Waals surface area contributed by atoms with Crippen LogP contribution in [0.5, 0.6) is 0 Å². The van der Waals surface area contributed by atoms with E-state index in [0.29, 0.717) is 22.0 Å². The lowest BCUT2D eigenvalue weighted by molar-refractivity contribution is -0.131. The van der Waals surface area contributed by atoms with Crippen LogP contribution in [0.1, 0.15) is 24.8 Å². The predicted octanol–water partition coefficient (Wildman–Crippen LogP) is 4.78. The van der Waals surface area contributed by atoms with Crippen molar-refractivity contribution in [2.45, 2.75) is 24.9 Å². The molecule has 0 aliphatic heterocycles. The molecule has 1 aliphatic rings. The average molecular weight is 315 g/mol. The van der Waals surface area contributed by atoms with Crippen molar-refractivity contribution in [1.82, 2.24) is 0 Å². The number of carboxylic acids is 1. The highest BCUT2D eigenvalue weighted by atomic mass is 35.5. The molecule has 0 heterocycles. The molecule has 106 valence electrons. The highest BCUT2D eigenvalue weighted by Gasteiger charge is 2.54. The predicted molar refractivity (Wildman–Crippen MR) is 78.2 cm³/mol. The molecule has 1 fully saturated rings. The molecule has 1 N–H and O–H groups in total. The van der Waals surface area contributed by atoms with Gasteiger partial charge >= 0.3 is 5.97 Å². The minimum Gasteiger partial charge on any atom is -0.478 e. The van der Waals surface area contributed by atoms with Gasteiger partial charge in [-0.3, -0.25) is 0 Å². The average Bonchev–Trinajstić information content (AvgIpc) is 3.03. The molecule has 5 heteroatoms. The first-order valence-corrected chi connectivity index (χ1v) is 6.82. The van der Waals surface area contributed by atoms with E-state index in [0.717, 1.165) is 11.6 Å². The summed E-state index contributed by atoms with van der Waals surface area (Å²) in [7, 11) is 0. The van der Waals surface area contributed by atoms with Crippen molar-refractivity contribution < 1.29 is 14.3 Å². The van der Waals surface area contributed by atoms with Crippen molar-refractivity contribution in [1.29, 1.82) is 0 Å². The smallest absolute Gasteiger partial charge is 0.328 e. The van der Waals surface area contributed by atoms with E-state index in [1.807, 2.05) is 0 Å². The highest BCUT2D eigenvalue weighted by molar-refractivity contribution is 6.42. The standard InChI is InChI=1S/C15H13Cl2FO2/c1-9(6-14(19)20)4-5-15(18)8-11(15)10-2-3-12(16)13(17)7-10/h2-7,11H,8H2,1H3,(H,19,20)/t11?,15-/m0/s1. The normalized spacial score (nSPS) is 26.0. The number of rotatable bonds is 4. The minimum atomic E-state index is -1.44. The summed E-state index contributed by atoms with van der Waals surface area (Å²) < 4.78 is 14.4. The van der Waals surface area contributed by atoms with Crippen molar-refractivity contribution in [3.8, 4) is 0 Å². The molecule has 0 spiro atoms. The quantitative estimate of drug-likeness (QED) is 0.641. The van der Waals surface area contributed by atoms with Gasteiger partial charge in [-0.15, -0.1) is 0 Å². The zero-order valence-corrected chi connectivity index (χ0v) is 12.2. The highest BCUT2D eigenvalue weighted by Crippen LogP contribution is 2.56. The van der Waals surface area contributed by atoms with Gasteiger partial charge in [0, 0.05) is 12.0 Å². The zero-order chi connectivity index (χ0) is 14.9. The summed E-state index contributed by atoms with van der Waals surface area (Å²) in [6, 6.07) is 5.08. The Morgan fingerprint density at radius 3 is 2.75 bits per heavy atom. The molecule has 2 atom stereocenters. The van der Waals surface area contributed by atoms with E-state index in [9.17, 15) is 9.18 Å². The molecule has 0 radical (unpaired) electrons. The Balaban J connectivity index is 2.10. The van der Waals surface area contributed by atoms with Crippen LogP contribution in [0.15, 0.2) is 42.0 Å². The Bertz CT molecular complexity index is 610. The Morgan fingerprint density at radius 2 is 2.15 bits per heavy atom. The van der Waals surface area contributed by atoms with Gasteiger partial charge in [0.15, 0.2) is 0 Å². The third-order valence-corrected chi connectivity index (χ3v) is 4.00. The van der Waals surface area contributed by atoms with E-state index in [1.165, 1.54) is 12.2 Å². The van der Waals surface area contributed by atoms with Crippen molar-refractivity contribution >= 4 is 29.2 Å². The lowest BCUT2D eigenvalue weighted by Crippen LogP contribution is -1.99. The summed E-state index contributed by atoms with van der Waals surface area (Å²) in [5, 5.41) is 9.43. The fraction of sp³-hybridized carbons (Fsp3) is 0.267. The van der Waals surface area contributed by atoms with Crippen molar-refractivity contribution in [3.05, 3.63) is 57.6 Å². The molecule has 1 aliphatic carbocycles. The van der Waals surface area contributed by atoms with Crippen molar-refractivity contribution in [3.63, 3.8) is 0 Å². The van der Waals surface area contributed by atoms with Gasteiger partial charge in [0.2, 0.25) is 0 Å². The van der Waals surface area contributed by atoms with Crippen LogP contribution in [-0.4, -0.2) is 16.7 Å². The maximum Gasteiger partial charge on any atom is 0.328 e. The maximum atomic E-state index is 14.4. The molecule has 0 saturated heterocycles. The van der Waals surface area contributed by atoms with Gasteiger partial charge in [0.1, 0.15) is 5.67 Å². The topological polar surface area (TPSA) is 37.3 Å². The van der Waals surface area contributed by atoms with Crippen LogP contribution in [0.3, 0.4) is 0 Å². The van der Waals surface area contributed by atoms with Gasteiger partial charge in [-0.2, -0.15) is 0 Å². The fourth-order valence-electron chi connectivity index (χ4n) is 2.08. The second-order valence-corrected chi connectivity index (χ2v) is 5.73. The fourth-order valence-corrected chi connectivity index (χ4v) is 2.38. The van der Waals surface area contributed by atoms with E-state index >= 15 is 0 Å². The first kappa shape index (κ1) is 15.1. The number of alkyl halides is 1. The minimum absolute atomic E-state index is 0.258. The molecular formula is C15H13Cl2FO2.